The van der Waals surface area contributed by atoms with Crippen LogP contribution >= 0.6 is 15.9 Å². The van der Waals surface area contributed by atoms with Crippen molar-refractivity contribution in [3.8, 4) is 0 Å². The van der Waals surface area contributed by atoms with Crippen molar-refractivity contribution in [3.05, 3.63) is 34.3 Å². The molecule has 1 aromatic rings. The molecule has 3 heteroatoms. The van der Waals surface area contributed by atoms with Crippen LogP contribution in [0.4, 0.5) is 0 Å². The monoisotopic (exact) mass is 351 g/mol. The molecule has 1 aliphatic heterocycles. The molecule has 1 aliphatic carbocycles. The van der Waals surface area contributed by atoms with Crippen molar-refractivity contribution in [1.29, 1.82) is 0 Å². The van der Waals surface area contributed by atoms with Gasteiger partial charge in [-0.05, 0) is 49.3 Å². The first-order chi connectivity index (χ1) is 10.1. The molecule has 2 aliphatic rings. The van der Waals surface area contributed by atoms with Gasteiger partial charge in [0.05, 0.1) is 5.60 Å². The highest BCUT2D eigenvalue weighted by molar-refractivity contribution is 9.10. The van der Waals surface area contributed by atoms with Crippen molar-refractivity contribution in [2.45, 2.75) is 57.1 Å². The van der Waals surface area contributed by atoms with E-state index in [2.05, 4.69) is 39.9 Å². The van der Waals surface area contributed by atoms with Crippen LogP contribution in [0.5, 0.6) is 0 Å². The lowest BCUT2D eigenvalue weighted by Gasteiger charge is -2.44. The number of piperidine rings is 1. The second-order valence-electron chi connectivity index (χ2n) is 7.00. The van der Waals surface area contributed by atoms with E-state index in [4.69, 9.17) is 0 Å². The van der Waals surface area contributed by atoms with Crippen molar-refractivity contribution in [3.63, 3.8) is 0 Å². The highest BCUT2D eigenvalue weighted by Gasteiger charge is 2.36. The fourth-order valence-corrected chi connectivity index (χ4v) is 4.31. The summed E-state index contributed by atoms with van der Waals surface area (Å²) in [6, 6.07) is 8.93. The quantitative estimate of drug-likeness (QED) is 0.857. The van der Waals surface area contributed by atoms with Gasteiger partial charge in [0.2, 0.25) is 0 Å². The van der Waals surface area contributed by atoms with Gasteiger partial charge >= 0.3 is 0 Å². The Morgan fingerprint density at radius 1 is 1.14 bits per heavy atom. The van der Waals surface area contributed by atoms with E-state index in [1.165, 1.54) is 25.7 Å². The molecule has 0 unspecified atom stereocenters. The number of likely N-dealkylation sites (tertiary alicyclic amines) is 1. The molecular formula is C18H26BrNO. The third-order valence-electron chi connectivity index (χ3n) is 5.43. The molecule has 1 saturated heterocycles. The zero-order valence-corrected chi connectivity index (χ0v) is 14.5. The van der Waals surface area contributed by atoms with Crippen LogP contribution in [0.2, 0.25) is 0 Å². The number of rotatable bonds is 2. The maximum Gasteiger partial charge on any atom is 0.0920 e. The zero-order valence-electron chi connectivity index (χ0n) is 12.9. The van der Waals surface area contributed by atoms with Gasteiger partial charge in [-0.25, -0.2) is 0 Å². The predicted molar refractivity (Wildman–Crippen MR) is 90.3 cm³/mol. The maximum absolute atomic E-state index is 11.0. The molecule has 2 atom stereocenters. The average molecular weight is 352 g/mol. The largest absolute Gasteiger partial charge is 0.385 e. The van der Waals surface area contributed by atoms with Gasteiger partial charge in [-0.15, -0.1) is 0 Å². The van der Waals surface area contributed by atoms with Crippen molar-refractivity contribution in [2.24, 2.45) is 5.92 Å². The Bertz CT molecular complexity index is 465. The molecule has 2 nitrogen and oxygen atoms in total. The van der Waals surface area contributed by atoms with Gasteiger partial charge < -0.3 is 10.0 Å². The topological polar surface area (TPSA) is 23.5 Å². The number of benzene rings is 1. The summed E-state index contributed by atoms with van der Waals surface area (Å²) in [5.41, 5.74) is 0.444. The van der Waals surface area contributed by atoms with Gasteiger partial charge in [-0.3, -0.25) is 0 Å². The highest BCUT2D eigenvalue weighted by Crippen LogP contribution is 2.36. The zero-order chi connectivity index (χ0) is 14.9. The lowest BCUT2D eigenvalue weighted by atomic mass is 9.81. The van der Waals surface area contributed by atoms with Gasteiger partial charge in [0, 0.05) is 23.6 Å². The van der Waals surface area contributed by atoms with Gasteiger partial charge in [-0.1, -0.05) is 47.8 Å². The molecule has 0 spiro atoms. The Kier molecular flexibility index (Phi) is 4.72. The minimum atomic E-state index is -0.627. The van der Waals surface area contributed by atoms with E-state index in [9.17, 15) is 5.11 Å². The van der Waals surface area contributed by atoms with Crippen molar-refractivity contribution in [1.82, 2.24) is 4.90 Å². The molecule has 0 radical (unpaired) electrons. The molecule has 0 aromatic heterocycles. The van der Waals surface area contributed by atoms with E-state index < -0.39 is 5.60 Å². The summed E-state index contributed by atoms with van der Waals surface area (Å²) in [6.07, 6.45) is 7.18. The van der Waals surface area contributed by atoms with E-state index >= 15 is 0 Å². The number of hydrogen-bond acceptors (Lipinski definition) is 2. The van der Waals surface area contributed by atoms with Crippen LogP contribution in [-0.2, 0) is 5.60 Å². The van der Waals surface area contributed by atoms with E-state index in [1.54, 1.807) is 0 Å². The third-order valence-corrected chi connectivity index (χ3v) is 5.96. The molecule has 21 heavy (non-hydrogen) atoms. The molecule has 0 amide bonds. The maximum atomic E-state index is 11.0. The Hall–Kier alpha value is -0.380. The summed E-state index contributed by atoms with van der Waals surface area (Å²) < 4.78 is 1.07. The average Bonchev–Trinajstić information content (AvgIpc) is 2.48. The van der Waals surface area contributed by atoms with Crippen LogP contribution in [0, 0.1) is 5.92 Å². The van der Waals surface area contributed by atoms with E-state index in [0.29, 0.717) is 0 Å². The van der Waals surface area contributed by atoms with Crippen LogP contribution in [0.3, 0.4) is 0 Å². The SMILES string of the molecule is C[C@H]1CCC[C@@H](N2CCC(O)(c3ccc(Br)cc3)CC2)C1. The summed E-state index contributed by atoms with van der Waals surface area (Å²) in [4.78, 5) is 2.63. The summed E-state index contributed by atoms with van der Waals surface area (Å²) >= 11 is 3.46. The van der Waals surface area contributed by atoms with E-state index in [1.807, 2.05) is 12.1 Å². The van der Waals surface area contributed by atoms with Gasteiger partial charge in [0.15, 0.2) is 0 Å². The minimum absolute atomic E-state index is 0.627. The Morgan fingerprint density at radius 3 is 2.43 bits per heavy atom. The van der Waals surface area contributed by atoms with E-state index in [-0.39, 0.29) is 0 Å². The Morgan fingerprint density at radius 2 is 1.81 bits per heavy atom. The number of hydrogen-bond donors (Lipinski definition) is 1. The fourth-order valence-electron chi connectivity index (χ4n) is 4.04. The molecular weight excluding hydrogens is 326 g/mol. The van der Waals surface area contributed by atoms with Gasteiger partial charge in [-0.2, -0.15) is 0 Å². The number of nitrogens with zero attached hydrogens (tertiary/aromatic N) is 1. The van der Waals surface area contributed by atoms with Gasteiger partial charge in [0.1, 0.15) is 0 Å². The summed E-state index contributed by atoms with van der Waals surface area (Å²) in [5.74, 6) is 0.871. The molecule has 0 bridgehead atoms. The van der Waals surface area contributed by atoms with Crippen LogP contribution in [-0.4, -0.2) is 29.1 Å². The Balaban J connectivity index is 1.62. The lowest BCUT2D eigenvalue weighted by Crippen LogP contribution is -2.48. The summed E-state index contributed by atoms with van der Waals surface area (Å²) in [5, 5.41) is 11.0. The van der Waals surface area contributed by atoms with Crippen molar-refractivity contribution < 1.29 is 5.11 Å². The normalized spacial score (nSPS) is 30.2. The summed E-state index contributed by atoms with van der Waals surface area (Å²) in [7, 11) is 0. The minimum Gasteiger partial charge on any atom is -0.385 e. The third kappa shape index (κ3) is 3.52. The van der Waals surface area contributed by atoms with Crippen LogP contribution in [0.1, 0.15) is 51.0 Å². The molecule has 1 aromatic carbocycles. The first-order valence-electron chi connectivity index (χ1n) is 8.29. The molecule has 1 N–H and O–H groups in total. The molecule has 1 saturated carbocycles. The second-order valence-corrected chi connectivity index (χ2v) is 7.92. The molecule has 2 fully saturated rings. The molecule has 116 valence electrons. The fraction of sp³-hybridized carbons (Fsp3) is 0.667. The smallest absolute Gasteiger partial charge is 0.0920 e. The van der Waals surface area contributed by atoms with Crippen molar-refractivity contribution >= 4 is 15.9 Å². The van der Waals surface area contributed by atoms with Crippen molar-refractivity contribution in [2.75, 3.05) is 13.1 Å². The van der Waals surface area contributed by atoms with E-state index in [0.717, 1.165) is 47.9 Å². The number of halogens is 1. The van der Waals surface area contributed by atoms with Crippen LogP contribution in [0.25, 0.3) is 0 Å². The Labute approximate surface area is 136 Å². The first-order valence-corrected chi connectivity index (χ1v) is 9.09. The predicted octanol–water partition coefficient (Wildman–Crippen LogP) is 4.31. The van der Waals surface area contributed by atoms with Crippen LogP contribution < -0.4 is 0 Å². The standard InChI is InChI=1S/C18H26BrNO/c1-14-3-2-4-17(13-14)20-11-9-18(21,10-12-20)15-5-7-16(19)8-6-15/h5-8,14,17,21H,2-4,9-13H2,1H3/t14-,17+/m0/s1. The number of aliphatic hydroxyl groups is 1. The first kappa shape index (κ1) is 15.5. The summed E-state index contributed by atoms with van der Waals surface area (Å²) in [6.45, 7) is 4.45. The van der Waals surface area contributed by atoms with Gasteiger partial charge in [0.25, 0.3) is 0 Å². The second kappa shape index (κ2) is 6.39. The molecule has 1 heterocycles. The van der Waals surface area contributed by atoms with Crippen LogP contribution in [0.15, 0.2) is 28.7 Å². The molecule has 3 rings (SSSR count). The highest BCUT2D eigenvalue weighted by atomic mass is 79.9. The lowest BCUT2D eigenvalue weighted by molar-refractivity contribution is -0.0411.